The number of anilines is 1. The van der Waals surface area contributed by atoms with E-state index in [1.807, 2.05) is 41.5 Å². The maximum atomic E-state index is 6.16. The lowest BCUT2D eigenvalue weighted by Crippen LogP contribution is -2.44. The second-order valence-electron chi connectivity index (χ2n) is 5.02. The Morgan fingerprint density at radius 3 is 2.55 bits per heavy atom. The summed E-state index contributed by atoms with van der Waals surface area (Å²) in [5, 5.41) is 7.63. The molecule has 4 nitrogen and oxygen atoms in total. The summed E-state index contributed by atoms with van der Waals surface area (Å²) >= 11 is 12.2. The number of hydrogen-bond donors (Lipinski definition) is 0. The first-order valence-corrected chi connectivity index (χ1v) is 7.88. The molecule has 0 saturated carbocycles. The van der Waals surface area contributed by atoms with Crippen molar-refractivity contribution in [3.63, 3.8) is 0 Å². The monoisotopic (exact) mass is 334 g/mol. The summed E-state index contributed by atoms with van der Waals surface area (Å²) in [7, 11) is 0. The third-order valence-electron chi connectivity index (χ3n) is 3.57. The first-order valence-electron chi connectivity index (χ1n) is 7.13. The van der Waals surface area contributed by atoms with Crippen molar-refractivity contribution in [3.05, 3.63) is 58.2 Å². The molecule has 1 aromatic heterocycles. The second-order valence-corrected chi connectivity index (χ2v) is 5.80. The fourth-order valence-electron chi connectivity index (χ4n) is 2.35. The SMILES string of the molecule is Clc1cccc(/C=N/N2CCN(c3ccccn3)CC2)c1Cl. The van der Waals surface area contributed by atoms with Crippen LogP contribution in [0.4, 0.5) is 5.82 Å². The Hall–Kier alpha value is -1.78. The van der Waals surface area contributed by atoms with E-state index < -0.39 is 0 Å². The molecule has 1 fully saturated rings. The molecule has 0 amide bonds. The van der Waals surface area contributed by atoms with Crippen molar-refractivity contribution in [2.45, 2.75) is 0 Å². The Morgan fingerprint density at radius 2 is 1.82 bits per heavy atom. The summed E-state index contributed by atoms with van der Waals surface area (Å²) in [4.78, 5) is 6.64. The number of nitrogens with zero attached hydrogens (tertiary/aromatic N) is 4. The Balaban J connectivity index is 1.60. The minimum absolute atomic E-state index is 0.542. The van der Waals surface area contributed by atoms with E-state index in [0.717, 1.165) is 37.6 Å². The van der Waals surface area contributed by atoms with Crippen LogP contribution in [0.5, 0.6) is 0 Å². The van der Waals surface area contributed by atoms with Crippen LogP contribution in [0.2, 0.25) is 10.0 Å². The number of rotatable bonds is 3. The Labute approximate surface area is 140 Å². The summed E-state index contributed by atoms with van der Waals surface area (Å²) in [6.07, 6.45) is 3.59. The fraction of sp³-hybridized carbons (Fsp3) is 0.250. The van der Waals surface area contributed by atoms with Gasteiger partial charge in [0.05, 0.1) is 29.3 Å². The highest BCUT2D eigenvalue weighted by Gasteiger charge is 2.16. The molecule has 0 spiro atoms. The molecular formula is C16H16Cl2N4. The van der Waals surface area contributed by atoms with Gasteiger partial charge >= 0.3 is 0 Å². The number of halogens is 2. The number of hydrazone groups is 1. The first-order chi connectivity index (χ1) is 10.7. The third kappa shape index (κ3) is 3.51. The van der Waals surface area contributed by atoms with Gasteiger partial charge in [-0.3, -0.25) is 5.01 Å². The molecule has 3 rings (SSSR count). The highest BCUT2D eigenvalue weighted by Crippen LogP contribution is 2.24. The van der Waals surface area contributed by atoms with Crippen LogP contribution in [0.15, 0.2) is 47.7 Å². The van der Waals surface area contributed by atoms with E-state index in [9.17, 15) is 0 Å². The van der Waals surface area contributed by atoms with Crippen LogP contribution in [-0.4, -0.2) is 42.4 Å². The number of piperazine rings is 1. The van der Waals surface area contributed by atoms with Gasteiger partial charge in [-0.25, -0.2) is 4.98 Å². The van der Waals surface area contributed by atoms with Crippen LogP contribution in [0.25, 0.3) is 0 Å². The van der Waals surface area contributed by atoms with Gasteiger partial charge in [0.15, 0.2) is 0 Å². The van der Waals surface area contributed by atoms with Gasteiger partial charge in [0, 0.05) is 24.8 Å². The summed E-state index contributed by atoms with van der Waals surface area (Å²) in [6.45, 7) is 3.51. The zero-order valence-corrected chi connectivity index (χ0v) is 13.5. The zero-order chi connectivity index (χ0) is 15.4. The summed E-state index contributed by atoms with van der Waals surface area (Å²) in [5.41, 5.74) is 0.835. The topological polar surface area (TPSA) is 31.7 Å². The lowest BCUT2D eigenvalue weighted by atomic mass is 10.2. The van der Waals surface area contributed by atoms with E-state index in [4.69, 9.17) is 23.2 Å². The Bertz CT molecular complexity index is 652. The molecule has 0 aliphatic carbocycles. The van der Waals surface area contributed by atoms with Gasteiger partial charge in [0.1, 0.15) is 5.82 Å². The molecular weight excluding hydrogens is 319 g/mol. The number of aromatic nitrogens is 1. The normalized spacial score (nSPS) is 15.5. The standard InChI is InChI=1S/C16H16Cl2N4/c17-14-5-3-4-13(16(14)18)12-20-22-10-8-21(9-11-22)15-6-1-2-7-19-15/h1-7,12H,8-11H2/b20-12+. The van der Waals surface area contributed by atoms with Gasteiger partial charge in [0.25, 0.3) is 0 Å². The van der Waals surface area contributed by atoms with Crippen LogP contribution >= 0.6 is 23.2 Å². The van der Waals surface area contributed by atoms with E-state index >= 15 is 0 Å². The summed E-state index contributed by atoms with van der Waals surface area (Å²) in [5.74, 6) is 1.02. The number of benzene rings is 1. The van der Waals surface area contributed by atoms with Crippen LogP contribution < -0.4 is 4.90 Å². The molecule has 0 unspecified atom stereocenters. The molecule has 1 aliphatic rings. The highest BCUT2D eigenvalue weighted by molar-refractivity contribution is 6.43. The van der Waals surface area contributed by atoms with Gasteiger partial charge in [-0.15, -0.1) is 0 Å². The molecule has 1 aliphatic heterocycles. The maximum Gasteiger partial charge on any atom is 0.128 e. The fourth-order valence-corrected chi connectivity index (χ4v) is 2.70. The smallest absolute Gasteiger partial charge is 0.128 e. The van der Waals surface area contributed by atoms with E-state index in [-0.39, 0.29) is 0 Å². The van der Waals surface area contributed by atoms with Crippen LogP contribution in [-0.2, 0) is 0 Å². The van der Waals surface area contributed by atoms with Gasteiger partial charge in [-0.05, 0) is 18.2 Å². The third-order valence-corrected chi connectivity index (χ3v) is 4.40. The minimum Gasteiger partial charge on any atom is -0.353 e. The summed E-state index contributed by atoms with van der Waals surface area (Å²) < 4.78 is 0. The predicted molar refractivity (Wildman–Crippen MR) is 92.1 cm³/mol. The maximum absolute atomic E-state index is 6.16. The van der Waals surface area contributed by atoms with Crippen molar-refractivity contribution in [2.24, 2.45) is 5.10 Å². The van der Waals surface area contributed by atoms with Crippen LogP contribution in [0.3, 0.4) is 0 Å². The summed E-state index contributed by atoms with van der Waals surface area (Å²) in [6, 6.07) is 11.5. The molecule has 114 valence electrons. The average Bonchev–Trinajstić information content (AvgIpc) is 2.57. The van der Waals surface area contributed by atoms with Crippen molar-refractivity contribution in [1.82, 2.24) is 9.99 Å². The first kappa shape index (κ1) is 15.1. The van der Waals surface area contributed by atoms with Crippen LogP contribution in [0.1, 0.15) is 5.56 Å². The average molecular weight is 335 g/mol. The van der Waals surface area contributed by atoms with E-state index in [0.29, 0.717) is 10.0 Å². The quantitative estimate of drug-likeness (QED) is 0.804. The van der Waals surface area contributed by atoms with Gasteiger partial charge in [-0.2, -0.15) is 5.10 Å². The highest BCUT2D eigenvalue weighted by atomic mass is 35.5. The minimum atomic E-state index is 0.542. The lowest BCUT2D eigenvalue weighted by molar-refractivity contribution is 0.271. The van der Waals surface area contributed by atoms with Gasteiger partial charge < -0.3 is 4.90 Å². The number of pyridine rings is 1. The molecule has 0 radical (unpaired) electrons. The molecule has 2 heterocycles. The zero-order valence-electron chi connectivity index (χ0n) is 12.0. The van der Waals surface area contributed by atoms with Crippen LogP contribution in [0, 0.1) is 0 Å². The predicted octanol–water partition coefficient (Wildman–Crippen LogP) is 3.54. The number of hydrogen-bond acceptors (Lipinski definition) is 4. The van der Waals surface area contributed by atoms with Crippen molar-refractivity contribution in [1.29, 1.82) is 0 Å². The molecule has 1 aromatic carbocycles. The lowest BCUT2D eigenvalue weighted by Gasteiger charge is -2.33. The van der Waals surface area contributed by atoms with Crippen molar-refractivity contribution < 1.29 is 0 Å². The van der Waals surface area contributed by atoms with E-state index in [1.54, 1.807) is 12.3 Å². The Kier molecular flexibility index (Phi) is 4.80. The Morgan fingerprint density at radius 1 is 1.00 bits per heavy atom. The van der Waals surface area contributed by atoms with E-state index in [2.05, 4.69) is 15.0 Å². The van der Waals surface area contributed by atoms with Gasteiger partial charge in [-0.1, -0.05) is 41.4 Å². The molecule has 6 heteroatoms. The molecule has 22 heavy (non-hydrogen) atoms. The molecule has 0 N–H and O–H groups in total. The molecule has 0 bridgehead atoms. The molecule has 2 aromatic rings. The van der Waals surface area contributed by atoms with Crippen molar-refractivity contribution >= 4 is 35.2 Å². The largest absolute Gasteiger partial charge is 0.353 e. The molecule has 1 saturated heterocycles. The van der Waals surface area contributed by atoms with Crippen molar-refractivity contribution in [2.75, 3.05) is 31.1 Å². The second kappa shape index (κ2) is 6.99. The van der Waals surface area contributed by atoms with E-state index in [1.165, 1.54) is 0 Å². The van der Waals surface area contributed by atoms with Gasteiger partial charge in [0.2, 0.25) is 0 Å². The molecule has 0 atom stereocenters. The van der Waals surface area contributed by atoms with Crippen molar-refractivity contribution in [3.8, 4) is 0 Å².